The molecule has 0 bridgehead atoms. The first-order valence-corrected chi connectivity index (χ1v) is 10.6. The maximum atomic E-state index is 13.4. The maximum Gasteiger partial charge on any atom is 0.290 e. The molecule has 0 saturated carbocycles. The summed E-state index contributed by atoms with van der Waals surface area (Å²) in [6.07, 6.45) is 0. The number of phenolic OH excluding ortho intramolecular Hbond substituents is 1. The summed E-state index contributed by atoms with van der Waals surface area (Å²) in [7, 11) is 2.97. The lowest BCUT2D eigenvalue weighted by atomic mass is 9.98. The Morgan fingerprint density at radius 1 is 1.17 bits per heavy atom. The molecular formula is C21H17Br2NO6. The zero-order chi connectivity index (χ0) is 21.6. The van der Waals surface area contributed by atoms with Crippen molar-refractivity contribution in [2.45, 2.75) is 6.04 Å². The minimum atomic E-state index is -0.715. The highest BCUT2D eigenvalue weighted by atomic mass is 79.9. The average molecular weight is 539 g/mol. The van der Waals surface area contributed by atoms with Gasteiger partial charge >= 0.3 is 0 Å². The lowest BCUT2D eigenvalue weighted by Crippen LogP contribution is -2.32. The summed E-state index contributed by atoms with van der Waals surface area (Å²) in [4.78, 5) is 28.2. The minimum Gasteiger partial charge on any atom is -0.503 e. The molecule has 4 rings (SSSR count). The molecule has 1 N–H and O–H groups in total. The van der Waals surface area contributed by atoms with E-state index in [4.69, 9.17) is 13.9 Å². The van der Waals surface area contributed by atoms with Crippen molar-refractivity contribution in [2.75, 3.05) is 27.4 Å². The lowest BCUT2D eigenvalue weighted by molar-refractivity contribution is 0.0663. The highest BCUT2D eigenvalue weighted by Gasteiger charge is 2.43. The number of halogens is 2. The van der Waals surface area contributed by atoms with Gasteiger partial charge in [-0.1, -0.05) is 15.9 Å². The van der Waals surface area contributed by atoms with Crippen molar-refractivity contribution in [3.05, 3.63) is 66.4 Å². The Balaban J connectivity index is 2.00. The highest BCUT2D eigenvalue weighted by Crippen LogP contribution is 2.43. The standard InChI is InChI=1S/C21H17Br2NO6/c1-28-6-5-24-17(10-7-13(23)19(26)15(8-10)29-2)16-18(25)12-9-11(22)3-4-14(12)30-20(16)21(24)27/h3-4,7-9,17,26H,5-6H2,1-2H3. The molecule has 1 unspecified atom stereocenters. The molecule has 7 nitrogen and oxygen atoms in total. The number of benzene rings is 2. The second-order valence-electron chi connectivity index (χ2n) is 6.76. The molecule has 1 amide bonds. The van der Waals surface area contributed by atoms with Gasteiger partial charge in [-0.25, -0.2) is 0 Å². The molecule has 1 atom stereocenters. The van der Waals surface area contributed by atoms with Crippen LogP contribution < -0.4 is 10.2 Å². The molecule has 9 heteroatoms. The van der Waals surface area contributed by atoms with Crippen molar-refractivity contribution in [1.82, 2.24) is 4.90 Å². The van der Waals surface area contributed by atoms with Crippen molar-refractivity contribution in [3.63, 3.8) is 0 Å². The Hall–Kier alpha value is -2.36. The van der Waals surface area contributed by atoms with Gasteiger partial charge < -0.3 is 23.9 Å². The Bertz CT molecular complexity index is 1220. The van der Waals surface area contributed by atoms with Crippen molar-refractivity contribution < 1.29 is 23.8 Å². The fraction of sp³-hybridized carbons (Fsp3) is 0.238. The number of aromatic hydroxyl groups is 1. The van der Waals surface area contributed by atoms with E-state index < -0.39 is 11.9 Å². The third-order valence-corrected chi connectivity index (χ3v) is 6.15. The Kier molecular flexibility index (Phi) is 5.61. The van der Waals surface area contributed by atoms with Crippen LogP contribution in [-0.2, 0) is 4.74 Å². The Morgan fingerprint density at radius 3 is 2.63 bits per heavy atom. The zero-order valence-electron chi connectivity index (χ0n) is 16.1. The number of carbonyl (C=O) groups is 1. The summed E-state index contributed by atoms with van der Waals surface area (Å²) in [6, 6.07) is 7.63. The van der Waals surface area contributed by atoms with Crippen molar-refractivity contribution in [1.29, 1.82) is 0 Å². The van der Waals surface area contributed by atoms with Crippen LogP contribution in [-0.4, -0.2) is 43.3 Å². The number of phenols is 1. The molecule has 0 spiro atoms. The van der Waals surface area contributed by atoms with Crippen LogP contribution in [0.1, 0.15) is 27.7 Å². The molecule has 3 aromatic rings. The maximum absolute atomic E-state index is 13.4. The summed E-state index contributed by atoms with van der Waals surface area (Å²) < 4.78 is 17.4. The minimum absolute atomic E-state index is 0.0130. The summed E-state index contributed by atoms with van der Waals surface area (Å²) >= 11 is 6.69. The van der Waals surface area contributed by atoms with Crippen molar-refractivity contribution in [2.24, 2.45) is 0 Å². The van der Waals surface area contributed by atoms with Gasteiger partial charge in [-0.15, -0.1) is 0 Å². The molecule has 1 aliphatic heterocycles. The van der Waals surface area contributed by atoms with Crippen LogP contribution in [0.4, 0.5) is 0 Å². The molecule has 2 heterocycles. The summed E-state index contributed by atoms with van der Waals surface area (Å²) in [5.74, 6) is -0.222. The fourth-order valence-electron chi connectivity index (χ4n) is 3.67. The van der Waals surface area contributed by atoms with Gasteiger partial charge in [-0.2, -0.15) is 0 Å². The number of nitrogens with zero attached hydrogens (tertiary/aromatic N) is 1. The third-order valence-electron chi connectivity index (χ3n) is 5.05. The first-order chi connectivity index (χ1) is 14.4. The van der Waals surface area contributed by atoms with Gasteiger partial charge in [0.2, 0.25) is 5.76 Å². The number of methoxy groups -OCH3 is 2. The van der Waals surface area contributed by atoms with E-state index in [-0.39, 0.29) is 41.4 Å². The van der Waals surface area contributed by atoms with Gasteiger partial charge in [-0.3, -0.25) is 9.59 Å². The first-order valence-electron chi connectivity index (χ1n) is 9.00. The molecule has 2 aromatic carbocycles. The van der Waals surface area contributed by atoms with Crippen LogP contribution in [0.15, 0.2) is 48.5 Å². The molecule has 0 aliphatic carbocycles. The number of rotatable bonds is 5. The topological polar surface area (TPSA) is 89.2 Å². The zero-order valence-corrected chi connectivity index (χ0v) is 19.2. The first kappa shape index (κ1) is 20.9. The summed E-state index contributed by atoms with van der Waals surface area (Å²) in [6.45, 7) is 0.538. The second-order valence-corrected chi connectivity index (χ2v) is 8.53. The van der Waals surface area contributed by atoms with E-state index in [1.807, 2.05) is 0 Å². The van der Waals surface area contributed by atoms with Gasteiger partial charge in [0.15, 0.2) is 16.9 Å². The molecular weight excluding hydrogens is 522 g/mol. The predicted molar refractivity (Wildman–Crippen MR) is 117 cm³/mol. The molecule has 1 aromatic heterocycles. The van der Waals surface area contributed by atoms with E-state index in [9.17, 15) is 14.7 Å². The number of ether oxygens (including phenoxy) is 2. The van der Waals surface area contributed by atoms with Crippen LogP contribution in [0.25, 0.3) is 11.0 Å². The SMILES string of the molecule is COCCN1C(=O)c2oc3ccc(Br)cc3c(=O)c2C1c1cc(Br)c(O)c(OC)c1. The van der Waals surface area contributed by atoms with Crippen molar-refractivity contribution >= 4 is 48.7 Å². The van der Waals surface area contributed by atoms with E-state index in [1.165, 1.54) is 19.1 Å². The molecule has 0 saturated heterocycles. The Labute approximate surface area is 188 Å². The normalized spacial score (nSPS) is 15.7. The van der Waals surface area contributed by atoms with Crippen LogP contribution in [0.3, 0.4) is 0 Å². The van der Waals surface area contributed by atoms with E-state index in [2.05, 4.69) is 31.9 Å². The second kappa shape index (κ2) is 8.05. The van der Waals surface area contributed by atoms with Gasteiger partial charge in [0.05, 0.1) is 35.2 Å². The fourth-order valence-corrected chi connectivity index (χ4v) is 4.49. The molecule has 0 radical (unpaired) electrons. The van der Waals surface area contributed by atoms with Crippen LogP contribution in [0.2, 0.25) is 0 Å². The van der Waals surface area contributed by atoms with E-state index in [1.54, 1.807) is 30.3 Å². The molecule has 30 heavy (non-hydrogen) atoms. The van der Waals surface area contributed by atoms with E-state index in [0.717, 1.165) is 4.47 Å². The van der Waals surface area contributed by atoms with Gasteiger partial charge in [0.1, 0.15) is 5.58 Å². The van der Waals surface area contributed by atoms with E-state index >= 15 is 0 Å². The smallest absolute Gasteiger partial charge is 0.290 e. The number of hydrogen-bond acceptors (Lipinski definition) is 6. The van der Waals surface area contributed by atoms with Crippen molar-refractivity contribution in [3.8, 4) is 11.5 Å². The number of carbonyl (C=O) groups excluding carboxylic acids is 1. The molecule has 1 aliphatic rings. The number of fused-ring (bicyclic) bond motifs is 2. The summed E-state index contributed by atoms with van der Waals surface area (Å²) in [5, 5.41) is 10.6. The van der Waals surface area contributed by atoms with E-state index in [0.29, 0.717) is 21.0 Å². The van der Waals surface area contributed by atoms with Gasteiger partial charge in [0, 0.05) is 18.1 Å². The molecule has 0 fully saturated rings. The van der Waals surface area contributed by atoms with Crippen LogP contribution in [0.5, 0.6) is 11.5 Å². The number of hydrogen-bond donors (Lipinski definition) is 1. The molecule has 156 valence electrons. The lowest BCUT2D eigenvalue weighted by Gasteiger charge is -2.25. The predicted octanol–water partition coefficient (Wildman–Crippen LogP) is 4.22. The quantitative estimate of drug-likeness (QED) is 0.523. The van der Waals surface area contributed by atoms with Gasteiger partial charge in [-0.05, 0) is 51.8 Å². The highest BCUT2D eigenvalue weighted by molar-refractivity contribution is 9.10. The van der Waals surface area contributed by atoms with Crippen LogP contribution in [0, 0.1) is 0 Å². The Morgan fingerprint density at radius 2 is 1.93 bits per heavy atom. The van der Waals surface area contributed by atoms with Crippen LogP contribution >= 0.6 is 31.9 Å². The third kappa shape index (κ3) is 3.30. The van der Waals surface area contributed by atoms with Gasteiger partial charge in [0.25, 0.3) is 5.91 Å². The number of amides is 1. The summed E-state index contributed by atoms with van der Waals surface area (Å²) in [5.41, 5.74) is 0.906. The largest absolute Gasteiger partial charge is 0.503 e. The average Bonchev–Trinajstić information content (AvgIpc) is 3.01. The monoisotopic (exact) mass is 537 g/mol.